The maximum atomic E-state index is 13.6. The normalized spacial score (nSPS) is 15.8. The third-order valence-corrected chi connectivity index (χ3v) is 5.99. The van der Waals surface area contributed by atoms with E-state index in [9.17, 15) is 22.8 Å². The van der Waals surface area contributed by atoms with E-state index in [4.69, 9.17) is 22.1 Å². The fraction of sp³-hybridized carbons (Fsp3) is 0.160. The van der Waals surface area contributed by atoms with Crippen molar-refractivity contribution in [2.24, 2.45) is 10.7 Å². The van der Waals surface area contributed by atoms with E-state index in [2.05, 4.69) is 11.7 Å². The Kier molecular flexibility index (Phi) is 6.53. The highest BCUT2D eigenvalue weighted by Crippen LogP contribution is 2.45. The number of anilines is 1. The number of carbonyl (C=O) groups is 2. The largest absolute Gasteiger partial charge is 0.453 e. The number of carbonyl (C=O) groups excluding carboxylic acids is 2. The Morgan fingerprint density at radius 2 is 1.89 bits per heavy atom. The summed E-state index contributed by atoms with van der Waals surface area (Å²) >= 11 is 6.24. The summed E-state index contributed by atoms with van der Waals surface area (Å²) in [5.41, 5.74) is 5.70. The number of primary amides is 1. The fourth-order valence-electron chi connectivity index (χ4n) is 3.95. The summed E-state index contributed by atoms with van der Waals surface area (Å²) in [6.45, 7) is 3.61. The highest BCUT2D eigenvalue weighted by atomic mass is 35.5. The van der Waals surface area contributed by atoms with Crippen molar-refractivity contribution >= 4 is 41.5 Å². The van der Waals surface area contributed by atoms with Crippen LogP contribution in [0.15, 0.2) is 65.7 Å². The van der Waals surface area contributed by atoms with Crippen molar-refractivity contribution in [2.75, 3.05) is 11.4 Å². The highest BCUT2D eigenvalue weighted by Gasteiger charge is 2.36. The van der Waals surface area contributed by atoms with E-state index in [1.165, 1.54) is 35.2 Å². The molecule has 0 spiro atoms. The van der Waals surface area contributed by atoms with Gasteiger partial charge in [-0.05, 0) is 54.7 Å². The highest BCUT2D eigenvalue weighted by molar-refractivity contribution is 6.32. The maximum Gasteiger partial charge on any atom is 0.420 e. The summed E-state index contributed by atoms with van der Waals surface area (Å²) in [5.74, 6) is -1.58. The lowest BCUT2D eigenvalue weighted by Crippen LogP contribution is -2.24. The van der Waals surface area contributed by atoms with Crippen LogP contribution < -0.4 is 15.4 Å². The molecule has 180 valence electrons. The molecule has 35 heavy (non-hydrogen) atoms. The molecule has 6 nitrogen and oxygen atoms in total. The standard InChI is InChI=1S/C25H19ClF3N3O3/c1-31-20-7-3-6-18(25(27,28)29)23(20)35-21-11-14(8-9-19(21)26)16-12-22(33)32(13-16)17-5-2-4-15(10-17)24(30)34/h2-11,16H,1,12-13H2,(H2,30,34)/t16-/m0/s1. The molecular formula is C25H19ClF3N3O3. The van der Waals surface area contributed by atoms with Crippen molar-refractivity contribution in [1.82, 2.24) is 0 Å². The van der Waals surface area contributed by atoms with Gasteiger partial charge >= 0.3 is 6.18 Å². The molecule has 0 aromatic heterocycles. The second-order valence-electron chi connectivity index (χ2n) is 7.92. The van der Waals surface area contributed by atoms with Crippen LogP contribution >= 0.6 is 11.6 Å². The van der Waals surface area contributed by atoms with Crippen LogP contribution in [0, 0.1) is 0 Å². The van der Waals surface area contributed by atoms with Crippen LogP contribution in [0.4, 0.5) is 24.5 Å². The third-order valence-electron chi connectivity index (χ3n) is 5.68. The number of aliphatic imine (C=N–C) groups is 1. The number of amides is 2. The Balaban J connectivity index is 1.64. The molecule has 4 rings (SSSR count). The van der Waals surface area contributed by atoms with Gasteiger partial charge in [-0.15, -0.1) is 0 Å². The molecule has 1 aliphatic heterocycles. The van der Waals surface area contributed by atoms with Crippen LogP contribution in [-0.4, -0.2) is 25.1 Å². The van der Waals surface area contributed by atoms with Gasteiger partial charge in [0.1, 0.15) is 17.0 Å². The summed E-state index contributed by atoms with van der Waals surface area (Å²) in [7, 11) is 0. The van der Waals surface area contributed by atoms with Gasteiger partial charge in [-0.1, -0.05) is 29.8 Å². The van der Waals surface area contributed by atoms with Crippen molar-refractivity contribution in [2.45, 2.75) is 18.5 Å². The summed E-state index contributed by atoms with van der Waals surface area (Å²) in [5, 5.41) is 0.0936. The number of ether oxygens (including phenoxy) is 1. The van der Waals surface area contributed by atoms with Gasteiger partial charge in [0, 0.05) is 30.1 Å². The Hall–Kier alpha value is -3.85. The number of nitrogens with zero attached hydrogens (tertiary/aromatic N) is 2. The van der Waals surface area contributed by atoms with E-state index < -0.39 is 23.4 Å². The van der Waals surface area contributed by atoms with Crippen LogP contribution in [-0.2, 0) is 11.0 Å². The van der Waals surface area contributed by atoms with E-state index in [1.807, 2.05) is 0 Å². The Morgan fingerprint density at radius 1 is 1.14 bits per heavy atom. The van der Waals surface area contributed by atoms with Crippen LogP contribution in [0.3, 0.4) is 0 Å². The summed E-state index contributed by atoms with van der Waals surface area (Å²) in [6.07, 6.45) is -4.53. The molecule has 3 aromatic rings. The van der Waals surface area contributed by atoms with E-state index in [1.54, 1.807) is 24.3 Å². The predicted octanol–water partition coefficient (Wildman–Crippen LogP) is 6.10. The summed E-state index contributed by atoms with van der Waals surface area (Å²) in [6, 6.07) is 14.6. The van der Waals surface area contributed by atoms with Gasteiger partial charge in [-0.3, -0.25) is 14.6 Å². The molecule has 0 radical (unpaired) electrons. The number of halogens is 4. The number of rotatable bonds is 6. The molecule has 3 aromatic carbocycles. The quantitative estimate of drug-likeness (QED) is 0.414. The number of hydrogen-bond acceptors (Lipinski definition) is 4. The van der Waals surface area contributed by atoms with E-state index >= 15 is 0 Å². The van der Waals surface area contributed by atoms with Crippen molar-refractivity contribution in [1.29, 1.82) is 0 Å². The molecule has 0 aliphatic carbocycles. The van der Waals surface area contributed by atoms with Crippen molar-refractivity contribution in [3.63, 3.8) is 0 Å². The predicted molar refractivity (Wildman–Crippen MR) is 127 cm³/mol. The van der Waals surface area contributed by atoms with E-state index in [0.717, 1.165) is 6.07 Å². The van der Waals surface area contributed by atoms with Gasteiger partial charge in [-0.2, -0.15) is 13.2 Å². The molecule has 2 N–H and O–H groups in total. The van der Waals surface area contributed by atoms with Gasteiger partial charge in [0.15, 0.2) is 5.75 Å². The zero-order valence-electron chi connectivity index (χ0n) is 18.2. The second-order valence-corrected chi connectivity index (χ2v) is 8.33. The number of alkyl halides is 3. The molecule has 10 heteroatoms. The maximum absolute atomic E-state index is 13.6. The Labute approximate surface area is 203 Å². The van der Waals surface area contributed by atoms with Crippen LogP contribution in [0.25, 0.3) is 0 Å². The topological polar surface area (TPSA) is 85.0 Å². The van der Waals surface area contributed by atoms with Gasteiger partial charge < -0.3 is 15.4 Å². The zero-order chi connectivity index (χ0) is 25.3. The molecular weight excluding hydrogens is 483 g/mol. The first-order valence-electron chi connectivity index (χ1n) is 10.4. The van der Waals surface area contributed by atoms with Crippen molar-refractivity contribution < 1.29 is 27.5 Å². The first kappa shape index (κ1) is 24.3. The summed E-state index contributed by atoms with van der Waals surface area (Å²) < 4.78 is 46.3. The Bertz CT molecular complexity index is 1330. The second kappa shape index (κ2) is 9.42. The van der Waals surface area contributed by atoms with Gasteiger partial charge in [0.25, 0.3) is 0 Å². The Morgan fingerprint density at radius 3 is 2.57 bits per heavy atom. The monoisotopic (exact) mass is 501 g/mol. The lowest BCUT2D eigenvalue weighted by molar-refractivity contribution is -0.138. The average molecular weight is 502 g/mol. The molecule has 2 amide bonds. The van der Waals surface area contributed by atoms with E-state index in [-0.39, 0.29) is 40.3 Å². The van der Waals surface area contributed by atoms with Crippen molar-refractivity contribution in [3.05, 3.63) is 82.4 Å². The number of nitrogens with two attached hydrogens (primary N) is 1. The smallest absolute Gasteiger partial charge is 0.420 e. The van der Waals surface area contributed by atoms with Crippen molar-refractivity contribution in [3.8, 4) is 11.5 Å². The molecule has 1 heterocycles. The first-order chi connectivity index (χ1) is 16.6. The van der Waals surface area contributed by atoms with Crippen LogP contribution in [0.5, 0.6) is 11.5 Å². The minimum absolute atomic E-state index is 0.00704. The number of benzene rings is 3. The van der Waals surface area contributed by atoms with Crippen LogP contribution in [0.2, 0.25) is 5.02 Å². The first-order valence-corrected chi connectivity index (χ1v) is 10.8. The molecule has 0 bridgehead atoms. The minimum atomic E-state index is -4.68. The number of para-hydroxylation sites is 1. The average Bonchev–Trinajstić information content (AvgIpc) is 3.21. The third kappa shape index (κ3) is 5.00. The lowest BCUT2D eigenvalue weighted by atomic mass is 9.98. The lowest BCUT2D eigenvalue weighted by Gasteiger charge is -2.19. The number of hydrogen-bond donors (Lipinski definition) is 1. The van der Waals surface area contributed by atoms with E-state index in [0.29, 0.717) is 17.8 Å². The molecule has 0 unspecified atom stereocenters. The molecule has 1 atom stereocenters. The minimum Gasteiger partial charge on any atom is -0.453 e. The molecule has 1 saturated heterocycles. The summed E-state index contributed by atoms with van der Waals surface area (Å²) in [4.78, 5) is 29.4. The zero-order valence-corrected chi connectivity index (χ0v) is 18.9. The van der Waals surface area contributed by atoms with Gasteiger partial charge in [-0.25, -0.2) is 0 Å². The molecule has 1 fully saturated rings. The molecule has 1 aliphatic rings. The fourth-order valence-corrected chi connectivity index (χ4v) is 4.11. The van der Waals surface area contributed by atoms with Gasteiger partial charge in [0.05, 0.1) is 5.02 Å². The SMILES string of the molecule is C=Nc1cccc(C(F)(F)F)c1Oc1cc([C@H]2CC(=O)N(c3cccc(C(N)=O)c3)C2)ccc1Cl. The molecule has 0 saturated carbocycles. The van der Waals surface area contributed by atoms with Crippen LogP contribution in [0.1, 0.15) is 33.8 Å². The van der Waals surface area contributed by atoms with Gasteiger partial charge in [0.2, 0.25) is 11.8 Å².